The molecule has 0 aliphatic heterocycles. The Labute approximate surface area is 250 Å². The van der Waals surface area contributed by atoms with Gasteiger partial charge in [-0.3, -0.25) is 0 Å². The molecule has 0 aromatic heterocycles. The number of phosphoric ester groups is 1. The molecular weight excluding hydrogens is 449 g/mol. The molecule has 0 N–H and O–H groups in total. The van der Waals surface area contributed by atoms with Crippen LogP contribution in [0.25, 0.3) is 0 Å². The fraction of sp³-hybridized carbons (Fsp3) is 0.400. The zero-order valence-electron chi connectivity index (χ0n) is 16.9. The van der Waals surface area contributed by atoms with Gasteiger partial charge in [-0.15, -0.1) is 0 Å². The van der Waals surface area contributed by atoms with Crippen LogP contribution < -0.4 is 113 Å². The fourth-order valence-electron chi connectivity index (χ4n) is 0.691. The standard InChI is InChI=1S/C6H11O6P.C5H8O2.C4H6O2.2K/c1-5(2)6(7)11-3-4-12-13(8,9)10;1-3-5(6)7-4-2;1-3-4(5)6-2;;/h1,3-4H2,2H3,(H2,8,9,10);3H,1,4H2,2H3;3H,1H2,2H3;;/q;;;2*+1/p-2. The van der Waals surface area contributed by atoms with Crippen LogP contribution >= 0.6 is 7.82 Å². The van der Waals surface area contributed by atoms with Crippen molar-refractivity contribution < 1.29 is 150 Å². The monoisotopic (exact) mass is 472 g/mol. The molecule has 0 heterocycles. The molecule has 0 radical (unpaired) electrons. The number of ether oxygens (including phenoxy) is 3. The third kappa shape index (κ3) is 37.7. The van der Waals surface area contributed by atoms with Gasteiger partial charge in [0.2, 0.25) is 0 Å². The third-order valence-electron chi connectivity index (χ3n) is 1.74. The summed E-state index contributed by atoms with van der Waals surface area (Å²) in [4.78, 5) is 50.4. The van der Waals surface area contributed by atoms with Gasteiger partial charge >= 0.3 is 121 Å². The molecule has 28 heavy (non-hydrogen) atoms. The van der Waals surface area contributed by atoms with Gasteiger partial charge in [0.25, 0.3) is 0 Å². The smallest absolute Gasteiger partial charge is 0.790 e. The van der Waals surface area contributed by atoms with Crippen LogP contribution in [0.4, 0.5) is 0 Å². The average Bonchev–Trinajstić information content (AvgIpc) is 2.58. The third-order valence-corrected chi connectivity index (χ3v) is 2.23. The topological polar surface area (TPSA) is 151 Å². The molecule has 150 valence electrons. The van der Waals surface area contributed by atoms with Crippen LogP contribution in [0.15, 0.2) is 37.5 Å². The molecule has 0 saturated carbocycles. The van der Waals surface area contributed by atoms with Gasteiger partial charge in [0, 0.05) is 17.7 Å². The van der Waals surface area contributed by atoms with Gasteiger partial charge in [0.05, 0.1) is 28.1 Å². The number of carbonyl (C=O) groups excluding carboxylic acids is 3. The first-order valence-electron chi connectivity index (χ1n) is 6.93. The molecular formula is C15H23K2O10P. The van der Waals surface area contributed by atoms with Crippen molar-refractivity contribution in [2.75, 3.05) is 26.9 Å². The van der Waals surface area contributed by atoms with Crippen molar-refractivity contribution in [1.29, 1.82) is 0 Å². The Kier molecular flexibility index (Phi) is 36.7. The molecule has 0 saturated heterocycles. The summed E-state index contributed by atoms with van der Waals surface area (Å²) in [5.74, 6) is -1.41. The first-order chi connectivity index (χ1) is 11.9. The average molecular weight is 473 g/mol. The quantitative estimate of drug-likeness (QED) is 0.0834. The van der Waals surface area contributed by atoms with Crippen LogP contribution in [-0.4, -0.2) is 44.8 Å². The summed E-state index contributed by atoms with van der Waals surface area (Å²) in [7, 11) is -3.65. The summed E-state index contributed by atoms with van der Waals surface area (Å²) in [5, 5.41) is 0. The molecule has 0 amide bonds. The van der Waals surface area contributed by atoms with E-state index in [4.69, 9.17) is 0 Å². The zero-order chi connectivity index (χ0) is 21.2. The normalized spacial score (nSPS) is 8.46. The molecule has 0 aliphatic rings. The van der Waals surface area contributed by atoms with Crippen molar-refractivity contribution in [2.24, 2.45) is 0 Å². The van der Waals surface area contributed by atoms with Crippen molar-refractivity contribution in [3.8, 4) is 0 Å². The zero-order valence-corrected chi connectivity index (χ0v) is 24.1. The van der Waals surface area contributed by atoms with Gasteiger partial charge in [-0.25, -0.2) is 14.4 Å². The molecule has 10 nitrogen and oxygen atoms in total. The Morgan fingerprint density at radius 2 is 1.46 bits per heavy atom. The first kappa shape index (κ1) is 39.5. The second-order valence-electron chi connectivity index (χ2n) is 3.88. The van der Waals surface area contributed by atoms with E-state index in [1.54, 1.807) is 6.92 Å². The van der Waals surface area contributed by atoms with Crippen LogP contribution in [0.3, 0.4) is 0 Å². The van der Waals surface area contributed by atoms with E-state index in [0.717, 1.165) is 12.2 Å². The Morgan fingerprint density at radius 3 is 1.68 bits per heavy atom. The van der Waals surface area contributed by atoms with Gasteiger partial charge in [-0.05, 0) is 13.8 Å². The summed E-state index contributed by atoms with van der Waals surface area (Å²) in [5.41, 5.74) is 0.187. The fourth-order valence-corrected chi connectivity index (χ4v) is 0.989. The Morgan fingerprint density at radius 1 is 1.00 bits per heavy atom. The van der Waals surface area contributed by atoms with Gasteiger partial charge in [0.15, 0.2) is 0 Å². The van der Waals surface area contributed by atoms with Crippen LogP contribution in [0.2, 0.25) is 0 Å². The number of hydrogen-bond acceptors (Lipinski definition) is 10. The predicted octanol–water partition coefficient (Wildman–Crippen LogP) is -5.96. The van der Waals surface area contributed by atoms with Gasteiger partial charge in [-0.1, -0.05) is 19.7 Å². The van der Waals surface area contributed by atoms with E-state index in [-0.39, 0.29) is 121 Å². The number of phosphoric acid groups is 1. The molecule has 0 bridgehead atoms. The maximum atomic E-state index is 10.7. The number of methoxy groups -OCH3 is 1. The van der Waals surface area contributed by atoms with Crippen molar-refractivity contribution in [2.45, 2.75) is 13.8 Å². The molecule has 13 heteroatoms. The second kappa shape index (κ2) is 26.0. The van der Waals surface area contributed by atoms with Crippen LogP contribution in [-0.2, 0) is 37.7 Å². The molecule has 0 atom stereocenters. The van der Waals surface area contributed by atoms with E-state index in [1.165, 1.54) is 14.0 Å². The minimum atomic E-state index is -4.96. The minimum absolute atomic E-state index is 0. The van der Waals surface area contributed by atoms with Gasteiger partial charge in [-0.2, -0.15) is 0 Å². The Hall–Kier alpha value is 1.01. The van der Waals surface area contributed by atoms with Crippen LogP contribution in [0.5, 0.6) is 0 Å². The number of hydrogen-bond donors (Lipinski definition) is 0. The van der Waals surface area contributed by atoms with Gasteiger partial charge < -0.3 is 33.1 Å². The summed E-state index contributed by atoms with van der Waals surface area (Å²) in [6.45, 7) is 12.5. The molecule has 0 aliphatic carbocycles. The predicted molar refractivity (Wildman–Crippen MR) is 88.4 cm³/mol. The molecule has 0 spiro atoms. The van der Waals surface area contributed by atoms with E-state index in [1.807, 2.05) is 0 Å². The molecule has 0 unspecified atom stereocenters. The summed E-state index contributed by atoms with van der Waals surface area (Å²) in [6.07, 6.45) is 2.25. The second-order valence-corrected chi connectivity index (χ2v) is 5.03. The van der Waals surface area contributed by atoms with E-state index < -0.39 is 26.4 Å². The van der Waals surface area contributed by atoms with Crippen molar-refractivity contribution in [3.05, 3.63) is 37.5 Å². The summed E-state index contributed by atoms with van der Waals surface area (Å²) in [6, 6.07) is 0. The van der Waals surface area contributed by atoms with Crippen molar-refractivity contribution in [1.82, 2.24) is 0 Å². The van der Waals surface area contributed by atoms with E-state index in [9.17, 15) is 28.7 Å². The maximum Gasteiger partial charge on any atom is 1.00 e. The van der Waals surface area contributed by atoms with E-state index in [2.05, 4.69) is 38.5 Å². The number of rotatable bonds is 8. The summed E-state index contributed by atoms with van der Waals surface area (Å²) < 4.78 is 26.7. The minimum Gasteiger partial charge on any atom is -0.790 e. The molecule has 0 rings (SSSR count). The SMILES string of the molecule is C=C(C)C(=O)OCCOP(=O)([O-])[O-].C=CC(=O)OC.C=CC(=O)OCC.[K+].[K+]. The largest absolute Gasteiger partial charge is 1.00 e. The van der Waals surface area contributed by atoms with Crippen molar-refractivity contribution in [3.63, 3.8) is 0 Å². The Balaban J connectivity index is -0.000000101. The summed E-state index contributed by atoms with van der Waals surface area (Å²) >= 11 is 0. The number of carbonyl (C=O) groups is 3. The maximum absolute atomic E-state index is 10.7. The number of esters is 3. The molecule has 0 aromatic rings. The van der Waals surface area contributed by atoms with Crippen LogP contribution in [0.1, 0.15) is 13.8 Å². The molecule has 0 aromatic carbocycles. The van der Waals surface area contributed by atoms with E-state index in [0.29, 0.717) is 6.61 Å². The Bertz CT molecular complexity index is 531. The van der Waals surface area contributed by atoms with E-state index >= 15 is 0 Å². The van der Waals surface area contributed by atoms with Gasteiger partial charge in [0.1, 0.15) is 6.61 Å². The first-order valence-corrected chi connectivity index (χ1v) is 8.39. The van der Waals surface area contributed by atoms with Crippen molar-refractivity contribution >= 4 is 25.7 Å². The van der Waals surface area contributed by atoms with Crippen LogP contribution in [0, 0.1) is 0 Å². The molecule has 0 fully saturated rings.